The van der Waals surface area contributed by atoms with Crippen LogP contribution in [0.15, 0.2) is 34.0 Å². The van der Waals surface area contributed by atoms with Gasteiger partial charge in [-0.25, -0.2) is 9.37 Å². The average Bonchev–Trinajstić information content (AvgIpc) is 2.85. The van der Waals surface area contributed by atoms with Gasteiger partial charge in [0.15, 0.2) is 5.82 Å². The second kappa shape index (κ2) is 9.70. The summed E-state index contributed by atoms with van der Waals surface area (Å²) in [5.41, 5.74) is -0.621. The van der Waals surface area contributed by atoms with Gasteiger partial charge in [0.25, 0.3) is 0 Å². The van der Waals surface area contributed by atoms with Crippen molar-refractivity contribution in [2.24, 2.45) is 18.9 Å². The van der Waals surface area contributed by atoms with Crippen LogP contribution in [0.5, 0.6) is 0 Å². The molecule has 5 rings (SSSR count). The van der Waals surface area contributed by atoms with Crippen LogP contribution in [-0.4, -0.2) is 62.3 Å². The minimum absolute atomic E-state index is 0.145. The predicted octanol–water partition coefficient (Wildman–Crippen LogP) is 2.47. The van der Waals surface area contributed by atoms with Gasteiger partial charge in [-0.15, -0.1) is 0 Å². The van der Waals surface area contributed by atoms with Crippen LogP contribution in [0.4, 0.5) is 21.8 Å². The highest BCUT2D eigenvalue weighted by Gasteiger charge is 2.36. The number of hydrogen-bond acceptors (Lipinski definition) is 8. The number of piperidine rings is 1. The van der Waals surface area contributed by atoms with E-state index < -0.39 is 22.9 Å². The summed E-state index contributed by atoms with van der Waals surface area (Å²) in [6.45, 7) is 5.31. The quantitative estimate of drug-likeness (QED) is 0.465. The Bertz CT molecular complexity index is 1440. The van der Waals surface area contributed by atoms with Crippen LogP contribution < -0.4 is 21.3 Å². The summed E-state index contributed by atoms with van der Waals surface area (Å²) in [4.78, 5) is 36.3. The van der Waals surface area contributed by atoms with Crippen molar-refractivity contribution in [3.05, 3.63) is 50.1 Å². The number of aryl methyl sites for hydroxylation is 2. The molecule has 37 heavy (non-hydrogen) atoms. The lowest BCUT2D eigenvalue weighted by Gasteiger charge is -2.37. The van der Waals surface area contributed by atoms with Crippen molar-refractivity contribution in [2.75, 3.05) is 36.5 Å². The van der Waals surface area contributed by atoms with Crippen molar-refractivity contribution < 1.29 is 14.2 Å². The second-order valence-corrected chi connectivity index (χ2v) is 10.7. The first kappa shape index (κ1) is 25.6. The molecule has 2 aliphatic rings. The number of nitrogens with zero attached hydrogens (tertiary/aromatic N) is 5. The van der Waals surface area contributed by atoms with Gasteiger partial charge in [-0.1, -0.05) is 25.4 Å². The minimum Gasteiger partial charge on any atom is -0.385 e. The lowest BCUT2D eigenvalue weighted by molar-refractivity contribution is -0.182. The Morgan fingerprint density at radius 3 is 2.54 bits per heavy atom. The summed E-state index contributed by atoms with van der Waals surface area (Å²) < 4.78 is 22.1. The lowest BCUT2D eigenvalue weighted by atomic mass is 9.90. The molecule has 2 saturated heterocycles. The number of rotatable bonds is 6. The topological polar surface area (TPSA) is 115 Å². The molecule has 2 aliphatic heterocycles. The maximum Gasteiger partial charge on any atom is 0.316 e. The van der Waals surface area contributed by atoms with Crippen molar-refractivity contribution in [1.82, 2.24) is 19.1 Å². The van der Waals surface area contributed by atoms with Crippen molar-refractivity contribution in [3.63, 3.8) is 0 Å². The van der Waals surface area contributed by atoms with Gasteiger partial charge in [-0.2, -0.15) is 4.98 Å². The third-order valence-corrected chi connectivity index (χ3v) is 7.56. The maximum absolute atomic E-state index is 14.3. The first-order chi connectivity index (χ1) is 17.6. The molecule has 12 heteroatoms. The maximum atomic E-state index is 14.3. The minimum atomic E-state index is -1.00. The van der Waals surface area contributed by atoms with Crippen LogP contribution in [0.2, 0.25) is 5.02 Å². The fourth-order valence-electron chi connectivity index (χ4n) is 5.03. The number of nitrogens with one attached hydrogen (secondary N) is 1. The summed E-state index contributed by atoms with van der Waals surface area (Å²) in [6.07, 6.45) is 0.913. The first-order valence-electron chi connectivity index (χ1n) is 12.3. The van der Waals surface area contributed by atoms with E-state index in [1.165, 1.54) is 15.3 Å². The van der Waals surface area contributed by atoms with Crippen LogP contribution in [0, 0.1) is 11.8 Å². The molecule has 0 amide bonds. The van der Waals surface area contributed by atoms with Crippen molar-refractivity contribution in [1.29, 1.82) is 0 Å². The number of aliphatic hydroxyl groups is 1. The Morgan fingerprint density at radius 1 is 1.19 bits per heavy atom. The molecule has 0 aliphatic carbocycles. The molecule has 1 aromatic carbocycles. The summed E-state index contributed by atoms with van der Waals surface area (Å²) in [5, 5.41) is 13.9. The number of halogens is 2. The predicted molar refractivity (Wildman–Crippen MR) is 140 cm³/mol. The molecular weight excluding hydrogens is 503 g/mol. The van der Waals surface area contributed by atoms with E-state index in [9.17, 15) is 19.1 Å². The van der Waals surface area contributed by atoms with Gasteiger partial charge in [-0.3, -0.25) is 9.59 Å². The normalized spacial score (nSPS) is 23.2. The molecule has 2 fully saturated rings. The zero-order valence-electron chi connectivity index (χ0n) is 20.9. The zero-order chi connectivity index (χ0) is 26.5. The van der Waals surface area contributed by atoms with Gasteiger partial charge in [0, 0.05) is 44.2 Å². The van der Waals surface area contributed by atoms with E-state index in [0.717, 1.165) is 0 Å². The van der Waals surface area contributed by atoms with Crippen LogP contribution in [0.1, 0.15) is 20.3 Å². The highest BCUT2D eigenvalue weighted by Crippen LogP contribution is 2.31. The summed E-state index contributed by atoms with van der Waals surface area (Å²) in [7, 11) is 1.55. The Morgan fingerprint density at radius 2 is 1.89 bits per heavy atom. The second-order valence-electron chi connectivity index (χ2n) is 10.3. The fraction of sp³-hybridized carbons (Fsp3) is 0.520. The molecular formula is C25H30ClFN6O4. The number of hydrogen-bond donors (Lipinski definition) is 2. The van der Waals surface area contributed by atoms with E-state index in [0.29, 0.717) is 46.6 Å². The van der Waals surface area contributed by atoms with Gasteiger partial charge < -0.3 is 29.2 Å². The summed E-state index contributed by atoms with van der Waals surface area (Å²) >= 11 is 6.40. The molecule has 4 heterocycles. The van der Waals surface area contributed by atoms with Gasteiger partial charge in [0.05, 0.1) is 30.4 Å². The van der Waals surface area contributed by atoms with E-state index in [-0.39, 0.29) is 38.0 Å². The van der Waals surface area contributed by atoms with E-state index in [2.05, 4.69) is 15.3 Å². The smallest absolute Gasteiger partial charge is 0.316 e. The third kappa shape index (κ3) is 4.83. The molecule has 0 radical (unpaired) electrons. The van der Waals surface area contributed by atoms with Gasteiger partial charge in [0.1, 0.15) is 16.8 Å². The monoisotopic (exact) mass is 532 g/mol. The van der Waals surface area contributed by atoms with Crippen molar-refractivity contribution in [2.45, 2.75) is 38.6 Å². The Kier molecular flexibility index (Phi) is 6.71. The standard InChI is InChI=1S/C25H30ClFN6O4/c1-14-10-32(11-15(2)20(14)27)24-28-9-17(26)21(30-24)29-16-4-5-18-19(8-16)33(23(35)22(34)31(18)3)7-6-25(36)12-37-13-25/h4-5,8-9,14-15,20,36H,6-7,10-13H2,1-3H3,(H,28,29,30)/t14-,15+,20?. The van der Waals surface area contributed by atoms with Crippen LogP contribution in [0.25, 0.3) is 11.0 Å². The van der Waals surface area contributed by atoms with Gasteiger partial charge in [0.2, 0.25) is 5.95 Å². The molecule has 3 aromatic rings. The summed E-state index contributed by atoms with van der Waals surface area (Å²) in [5.74, 6) is 0.530. The molecule has 0 spiro atoms. The Hall–Kier alpha value is -3.02. The number of fused-ring (bicyclic) bond motifs is 1. The van der Waals surface area contributed by atoms with E-state index in [1.54, 1.807) is 25.2 Å². The highest BCUT2D eigenvalue weighted by molar-refractivity contribution is 6.32. The number of ether oxygens (including phenoxy) is 1. The first-order valence-corrected chi connectivity index (χ1v) is 12.7. The number of aromatic nitrogens is 4. The molecule has 3 atom stereocenters. The number of anilines is 3. The van der Waals surface area contributed by atoms with Crippen molar-refractivity contribution in [3.8, 4) is 0 Å². The molecule has 1 unspecified atom stereocenters. The zero-order valence-corrected chi connectivity index (χ0v) is 21.7. The highest BCUT2D eigenvalue weighted by atomic mass is 35.5. The van der Waals surface area contributed by atoms with Crippen LogP contribution >= 0.6 is 11.6 Å². The van der Waals surface area contributed by atoms with Crippen LogP contribution in [-0.2, 0) is 18.3 Å². The Balaban J connectivity index is 1.47. The molecule has 0 bridgehead atoms. The lowest BCUT2D eigenvalue weighted by Crippen LogP contribution is -2.51. The summed E-state index contributed by atoms with van der Waals surface area (Å²) in [6, 6.07) is 5.25. The average molecular weight is 533 g/mol. The SMILES string of the molecule is C[C@@H]1CN(c2ncc(Cl)c(Nc3ccc4c(c3)n(CCC3(O)COC3)c(=O)c(=O)n4C)n2)C[C@H](C)C1F. The van der Waals surface area contributed by atoms with Gasteiger partial charge >= 0.3 is 11.1 Å². The van der Waals surface area contributed by atoms with E-state index in [4.69, 9.17) is 16.3 Å². The van der Waals surface area contributed by atoms with E-state index >= 15 is 0 Å². The van der Waals surface area contributed by atoms with Crippen LogP contribution in [0.3, 0.4) is 0 Å². The molecule has 0 saturated carbocycles. The largest absolute Gasteiger partial charge is 0.385 e. The number of benzene rings is 1. The molecule has 2 N–H and O–H groups in total. The van der Waals surface area contributed by atoms with Gasteiger partial charge in [-0.05, 0) is 24.6 Å². The number of alkyl halides is 1. The third-order valence-electron chi connectivity index (χ3n) is 7.28. The van der Waals surface area contributed by atoms with E-state index in [1.807, 2.05) is 18.7 Å². The Labute approximate surface area is 217 Å². The molecule has 198 valence electrons. The molecule has 10 nitrogen and oxygen atoms in total. The fourth-order valence-corrected chi connectivity index (χ4v) is 5.17. The molecule has 2 aromatic heterocycles. The van der Waals surface area contributed by atoms with Crippen molar-refractivity contribution >= 4 is 40.1 Å².